The number of rotatable bonds is 6. The van der Waals surface area contributed by atoms with Gasteiger partial charge in [-0.15, -0.1) is 11.3 Å². The first-order chi connectivity index (χ1) is 9.72. The van der Waals surface area contributed by atoms with Gasteiger partial charge in [-0.3, -0.25) is 4.79 Å². The van der Waals surface area contributed by atoms with Gasteiger partial charge in [0, 0.05) is 24.2 Å². The third-order valence-corrected chi connectivity index (χ3v) is 5.15. The molecule has 6 heteroatoms. The van der Waals surface area contributed by atoms with Crippen LogP contribution in [-0.2, 0) is 9.47 Å². The van der Waals surface area contributed by atoms with Gasteiger partial charge in [-0.25, -0.2) is 0 Å². The molecule has 0 bridgehead atoms. The number of hydrogen-bond donors (Lipinski definition) is 0. The van der Waals surface area contributed by atoms with Crippen LogP contribution in [0.3, 0.4) is 0 Å². The second-order valence-electron chi connectivity index (χ2n) is 4.66. The Labute approximate surface area is 132 Å². The summed E-state index contributed by atoms with van der Waals surface area (Å²) in [5, 5.41) is 1.93. The lowest BCUT2D eigenvalue weighted by Crippen LogP contribution is -2.41. The van der Waals surface area contributed by atoms with E-state index in [1.54, 1.807) is 0 Å². The number of amides is 1. The maximum atomic E-state index is 12.3. The predicted molar refractivity (Wildman–Crippen MR) is 83.4 cm³/mol. The van der Waals surface area contributed by atoms with Crippen molar-refractivity contribution in [2.75, 3.05) is 32.9 Å². The molecule has 0 saturated carbocycles. The molecule has 0 aromatic carbocycles. The summed E-state index contributed by atoms with van der Waals surface area (Å²) in [4.78, 5) is 15.0. The van der Waals surface area contributed by atoms with Crippen LogP contribution >= 0.6 is 27.3 Å². The fourth-order valence-electron chi connectivity index (χ4n) is 2.23. The SMILES string of the molecule is CCOCCOC1CCN(C(=O)c2sccc2Br)CC1. The first-order valence-corrected chi connectivity index (χ1v) is 8.61. The van der Waals surface area contributed by atoms with Crippen molar-refractivity contribution >= 4 is 33.2 Å². The maximum absolute atomic E-state index is 12.3. The maximum Gasteiger partial charge on any atom is 0.265 e. The lowest BCUT2D eigenvalue weighted by atomic mass is 10.1. The molecule has 0 N–H and O–H groups in total. The van der Waals surface area contributed by atoms with E-state index in [-0.39, 0.29) is 12.0 Å². The molecule has 1 fully saturated rings. The molecule has 1 aromatic rings. The number of carbonyl (C=O) groups excluding carboxylic acids is 1. The van der Waals surface area contributed by atoms with Crippen molar-refractivity contribution < 1.29 is 14.3 Å². The zero-order chi connectivity index (χ0) is 14.4. The Kier molecular flexibility index (Phi) is 6.48. The minimum Gasteiger partial charge on any atom is -0.379 e. The molecule has 1 aliphatic rings. The van der Waals surface area contributed by atoms with E-state index < -0.39 is 0 Å². The Morgan fingerprint density at radius 2 is 2.20 bits per heavy atom. The average Bonchev–Trinajstić information content (AvgIpc) is 2.90. The molecule has 1 aliphatic heterocycles. The minimum atomic E-state index is 0.125. The van der Waals surface area contributed by atoms with E-state index in [1.807, 2.05) is 23.3 Å². The lowest BCUT2D eigenvalue weighted by Gasteiger charge is -2.31. The van der Waals surface area contributed by atoms with Crippen LogP contribution in [0, 0.1) is 0 Å². The number of thiophene rings is 1. The van der Waals surface area contributed by atoms with Crippen LogP contribution < -0.4 is 0 Å². The highest BCUT2D eigenvalue weighted by atomic mass is 79.9. The van der Waals surface area contributed by atoms with Gasteiger partial charge in [0.2, 0.25) is 0 Å². The van der Waals surface area contributed by atoms with Gasteiger partial charge in [-0.1, -0.05) is 0 Å². The predicted octanol–water partition coefficient (Wildman–Crippen LogP) is 3.17. The molecule has 2 heterocycles. The van der Waals surface area contributed by atoms with Crippen molar-refractivity contribution in [1.29, 1.82) is 0 Å². The van der Waals surface area contributed by atoms with Gasteiger partial charge in [0.15, 0.2) is 0 Å². The highest BCUT2D eigenvalue weighted by molar-refractivity contribution is 9.10. The lowest BCUT2D eigenvalue weighted by molar-refractivity contribution is -0.0182. The van der Waals surface area contributed by atoms with E-state index in [1.165, 1.54) is 11.3 Å². The number of ether oxygens (including phenoxy) is 2. The molecule has 20 heavy (non-hydrogen) atoms. The molecular formula is C14H20BrNO3S. The fraction of sp³-hybridized carbons (Fsp3) is 0.643. The normalized spacial score (nSPS) is 16.6. The van der Waals surface area contributed by atoms with E-state index in [2.05, 4.69) is 15.9 Å². The van der Waals surface area contributed by atoms with Crippen molar-refractivity contribution in [3.8, 4) is 0 Å². The number of halogens is 1. The standard InChI is InChI=1S/C14H20BrNO3S/c1-2-18-8-9-19-11-3-6-16(7-4-11)14(17)13-12(15)5-10-20-13/h5,10-11H,2-4,6-9H2,1H3. The van der Waals surface area contributed by atoms with Crippen molar-refractivity contribution in [2.45, 2.75) is 25.9 Å². The summed E-state index contributed by atoms with van der Waals surface area (Å²) in [7, 11) is 0. The van der Waals surface area contributed by atoms with Crippen LogP contribution in [0.4, 0.5) is 0 Å². The Bertz CT molecular complexity index is 430. The van der Waals surface area contributed by atoms with Crippen LogP contribution in [0.5, 0.6) is 0 Å². The first kappa shape index (κ1) is 15.9. The Balaban J connectivity index is 1.74. The molecule has 1 aromatic heterocycles. The van der Waals surface area contributed by atoms with Gasteiger partial charge in [-0.2, -0.15) is 0 Å². The van der Waals surface area contributed by atoms with E-state index in [4.69, 9.17) is 9.47 Å². The van der Waals surface area contributed by atoms with Crippen molar-refractivity contribution in [1.82, 2.24) is 4.90 Å². The smallest absolute Gasteiger partial charge is 0.265 e. The van der Waals surface area contributed by atoms with Crippen molar-refractivity contribution in [2.24, 2.45) is 0 Å². The molecule has 0 atom stereocenters. The summed E-state index contributed by atoms with van der Waals surface area (Å²) in [5.41, 5.74) is 0. The van der Waals surface area contributed by atoms with E-state index in [9.17, 15) is 4.79 Å². The zero-order valence-electron chi connectivity index (χ0n) is 11.6. The third kappa shape index (κ3) is 4.28. The van der Waals surface area contributed by atoms with Crippen LogP contribution in [0.15, 0.2) is 15.9 Å². The summed E-state index contributed by atoms with van der Waals surface area (Å²) < 4.78 is 11.9. The van der Waals surface area contributed by atoms with Crippen LogP contribution in [0.25, 0.3) is 0 Å². The van der Waals surface area contributed by atoms with Gasteiger partial charge < -0.3 is 14.4 Å². The van der Waals surface area contributed by atoms with E-state index in [0.717, 1.165) is 41.9 Å². The molecule has 1 saturated heterocycles. The molecule has 4 nitrogen and oxygen atoms in total. The molecule has 112 valence electrons. The number of piperidine rings is 1. The van der Waals surface area contributed by atoms with Gasteiger partial charge in [-0.05, 0) is 47.1 Å². The number of hydrogen-bond acceptors (Lipinski definition) is 4. The van der Waals surface area contributed by atoms with Gasteiger partial charge in [0.1, 0.15) is 4.88 Å². The largest absolute Gasteiger partial charge is 0.379 e. The minimum absolute atomic E-state index is 0.125. The van der Waals surface area contributed by atoms with Crippen molar-refractivity contribution in [3.63, 3.8) is 0 Å². The molecule has 2 rings (SSSR count). The number of nitrogens with zero attached hydrogens (tertiary/aromatic N) is 1. The Morgan fingerprint density at radius 1 is 1.45 bits per heavy atom. The Hall–Kier alpha value is -0.430. The zero-order valence-corrected chi connectivity index (χ0v) is 14.0. The molecule has 0 unspecified atom stereocenters. The molecule has 0 aliphatic carbocycles. The van der Waals surface area contributed by atoms with E-state index in [0.29, 0.717) is 13.2 Å². The fourth-order valence-corrected chi connectivity index (χ4v) is 3.74. The highest BCUT2D eigenvalue weighted by Crippen LogP contribution is 2.25. The summed E-state index contributed by atoms with van der Waals surface area (Å²) in [6, 6.07) is 1.92. The van der Waals surface area contributed by atoms with Crippen LogP contribution in [-0.4, -0.2) is 49.8 Å². The Morgan fingerprint density at radius 3 is 2.80 bits per heavy atom. The van der Waals surface area contributed by atoms with Gasteiger partial charge in [0.05, 0.1) is 19.3 Å². The van der Waals surface area contributed by atoms with Gasteiger partial charge >= 0.3 is 0 Å². The molecule has 0 radical (unpaired) electrons. The van der Waals surface area contributed by atoms with Crippen molar-refractivity contribution in [3.05, 3.63) is 20.8 Å². The highest BCUT2D eigenvalue weighted by Gasteiger charge is 2.25. The molecular weight excluding hydrogens is 342 g/mol. The van der Waals surface area contributed by atoms with Crippen LogP contribution in [0.2, 0.25) is 0 Å². The number of carbonyl (C=O) groups is 1. The second kappa shape index (κ2) is 8.12. The quantitative estimate of drug-likeness (QED) is 0.730. The van der Waals surface area contributed by atoms with Crippen LogP contribution in [0.1, 0.15) is 29.4 Å². The topological polar surface area (TPSA) is 38.8 Å². The second-order valence-corrected chi connectivity index (χ2v) is 6.43. The number of likely N-dealkylation sites (tertiary alicyclic amines) is 1. The summed E-state index contributed by atoms with van der Waals surface area (Å²) in [5.74, 6) is 0.125. The average molecular weight is 362 g/mol. The summed E-state index contributed by atoms with van der Waals surface area (Å²) in [6.45, 7) is 5.53. The first-order valence-electron chi connectivity index (χ1n) is 6.94. The van der Waals surface area contributed by atoms with Gasteiger partial charge in [0.25, 0.3) is 5.91 Å². The summed E-state index contributed by atoms with van der Waals surface area (Å²) >= 11 is 4.90. The molecule has 1 amide bonds. The monoisotopic (exact) mass is 361 g/mol. The molecule has 0 spiro atoms. The summed E-state index contributed by atoms with van der Waals surface area (Å²) in [6.07, 6.45) is 2.06. The third-order valence-electron chi connectivity index (χ3n) is 3.33. The van der Waals surface area contributed by atoms with E-state index >= 15 is 0 Å².